The molecule has 1 fully saturated rings. The summed E-state index contributed by atoms with van der Waals surface area (Å²) < 4.78 is 1.93. The molecular weight excluding hydrogens is 400 g/mol. The number of aromatic nitrogens is 1. The Morgan fingerprint density at radius 3 is 2.57 bits per heavy atom. The number of urea groups is 1. The van der Waals surface area contributed by atoms with Gasteiger partial charge in [0.15, 0.2) is 5.43 Å². The third-order valence-electron chi connectivity index (χ3n) is 5.62. The molecule has 0 radical (unpaired) electrons. The van der Waals surface area contributed by atoms with E-state index in [9.17, 15) is 9.59 Å². The third-order valence-corrected chi connectivity index (χ3v) is 5.86. The number of amides is 2. The minimum absolute atomic E-state index is 0.113. The van der Waals surface area contributed by atoms with Crippen LogP contribution < -0.4 is 21.8 Å². The highest BCUT2D eigenvalue weighted by atomic mass is 35.5. The van der Waals surface area contributed by atoms with Crippen LogP contribution in [0.3, 0.4) is 0 Å². The first kappa shape index (κ1) is 20.4. The van der Waals surface area contributed by atoms with Gasteiger partial charge in [-0.3, -0.25) is 4.79 Å². The summed E-state index contributed by atoms with van der Waals surface area (Å²) in [6, 6.07) is 15.0. The Labute approximate surface area is 180 Å². The van der Waals surface area contributed by atoms with E-state index in [0.29, 0.717) is 16.0 Å². The zero-order valence-corrected chi connectivity index (χ0v) is 17.4. The molecule has 2 amide bonds. The molecule has 1 aliphatic carbocycles. The van der Waals surface area contributed by atoms with Gasteiger partial charge in [0.1, 0.15) is 0 Å². The van der Waals surface area contributed by atoms with Crippen LogP contribution in [0.1, 0.15) is 31.2 Å². The molecule has 1 heterocycles. The molecule has 0 unspecified atom stereocenters. The normalized spacial score (nSPS) is 18.9. The first-order valence-electron chi connectivity index (χ1n) is 10.2. The van der Waals surface area contributed by atoms with Crippen LogP contribution in [-0.2, 0) is 6.54 Å². The van der Waals surface area contributed by atoms with Crippen LogP contribution in [0.5, 0.6) is 0 Å². The maximum atomic E-state index is 13.0. The van der Waals surface area contributed by atoms with E-state index in [0.717, 1.165) is 36.9 Å². The monoisotopic (exact) mass is 424 g/mol. The summed E-state index contributed by atoms with van der Waals surface area (Å²) in [6.45, 7) is 0.141. The first-order chi connectivity index (χ1) is 14.5. The number of fused-ring (bicyclic) bond motifs is 1. The van der Waals surface area contributed by atoms with Crippen molar-refractivity contribution in [3.05, 3.63) is 75.5 Å². The zero-order chi connectivity index (χ0) is 21.1. The minimum atomic E-state index is -0.266. The van der Waals surface area contributed by atoms with E-state index in [2.05, 4.69) is 10.6 Å². The second kappa shape index (κ2) is 8.90. The number of carbonyl (C=O) groups is 1. The second-order valence-corrected chi connectivity index (χ2v) is 8.23. The lowest BCUT2D eigenvalue weighted by atomic mass is 9.92. The molecule has 4 N–H and O–H groups in total. The summed E-state index contributed by atoms with van der Waals surface area (Å²) >= 11 is 6.19. The summed E-state index contributed by atoms with van der Waals surface area (Å²) in [5.41, 5.74) is 7.96. The van der Waals surface area contributed by atoms with Crippen molar-refractivity contribution in [1.29, 1.82) is 0 Å². The van der Waals surface area contributed by atoms with Crippen molar-refractivity contribution in [1.82, 2.24) is 15.2 Å². The quantitative estimate of drug-likeness (QED) is 0.596. The molecule has 6 nitrogen and oxygen atoms in total. The maximum absolute atomic E-state index is 13.0. The Kier molecular flexibility index (Phi) is 6.06. The maximum Gasteiger partial charge on any atom is 0.315 e. The Morgan fingerprint density at radius 1 is 1.10 bits per heavy atom. The number of hydrogen-bond acceptors (Lipinski definition) is 3. The van der Waals surface area contributed by atoms with Crippen molar-refractivity contribution >= 4 is 28.5 Å². The molecule has 0 bridgehead atoms. The largest absolute Gasteiger partial charge is 0.335 e. The summed E-state index contributed by atoms with van der Waals surface area (Å²) in [4.78, 5) is 25.4. The van der Waals surface area contributed by atoms with Gasteiger partial charge in [0.25, 0.3) is 0 Å². The second-order valence-electron chi connectivity index (χ2n) is 7.79. The third kappa shape index (κ3) is 4.50. The SMILES string of the molecule is NC1CCC(NC(=O)NCc2cn(-c3ccccc3)c3cc(Cl)ccc3c2=O)CC1. The molecule has 2 aromatic carbocycles. The van der Waals surface area contributed by atoms with E-state index in [1.807, 2.05) is 34.9 Å². The molecule has 156 valence electrons. The smallest absolute Gasteiger partial charge is 0.315 e. The highest BCUT2D eigenvalue weighted by Gasteiger charge is 2.20. The Hall–Kier alpha value is -2.83. The summed E-state index contributed by atoms with van der Waals surface area (Å²) in [5, 5.41) is 6.94. The number of pyridine rings is 1. The van der Waals surface area contributed by atoms with Crippen molar-refractivity contribution in [3.8, 4) is 5.69 Å². The van der Waals surface area contributed by atoms with Crippen LogP contribution in [0.15, 0.2) is 59.5 Å². The van der Waals surface area contributed by atoms with Gasteiger partial charge in [-0.1, -0.05) is 29.8 Å². The van der Waals surface area contributed by atoms with Crippen LogP contribution in [0, 0.1) is 0 Å². The molecule has 1 aromatic heterocycles. The number of nitrogens with one attached hydrogen (secondary N) is 2. The number of para-hydroxylation sites is 1. The van der Waals surface area contributed by atoms with Gasteiger partial charge in [-0.15, -0.1) is 0 Å². The van der Waals surface area contributed by atoms with Crippen LogP contribution in [0.2, 0.25) is 5.02 Å². The molecule has 0 saturated heterocycles. The average Bonchev–Trinajstić information content (AvgIpc) is 2.75. The van der Waals surface area contributed by atoms with Gasteiger partial charge < -0.3 is 20.9 Å². The number of nitrogens with zero attached hydrogens (tertiary/aromatic N) is 1. The molecular formula is C23H25ClN4O2. The van der Waals surface area contributed by atoms with Crippen molar-refractivity contribution < 1.29 is 4.79 Å². The van der Waals surface area contributed by atoms with Crippen molar-refractivity contribution in [2.45, 2.75) is 44.3 Å². The van der Waals surface area contributed by atoms with Crippen LogP contribution in [0.25, 0.3) is 16.6 Å². The number of benzene rings is 2. The number of halogens is 1. The van der Waals surface area contributed by atoms with E-state index in [-0.39, 0.29) is 30.1 Å². The molecule has 7 heteroatoms. The van der Waals surface area contributed by atoms with Gasteiger partial charge in [-0.25, -0.2) is 4.79 Å². The molecule has 1 saturated carbocycles. The van der Waals surface area contributed by atoms with Gasteiger partial charge in [0, 0.05) is 46.5 Å². The lowest BCUT2D eigenvalue weighted by molar-refractivity contribution is 0.231. The molecule has 0 spiro atoms. The minimum Gasteiger partial charge on any atom is -0.335 e. The molecule has 30 heavy (non-hydrogen) atoms. The van der Waals surface area contributed by atoms with Crippen LogP contribution >= 0.6 is 11.6 Å². The highest BCUT2D eigenvalue weighted by molar-refractivity contribution is 6.31. The summed E-state index contributed by atoms with van der Waals surface area (Å²) in [7, 11) is 0. The Bertz CT molecular complexity index is 1110. The number of rotatable bonds is 4. The van der Waals surface area contributed by atoms with Gasteiger partial charge in [-0.05, 0) is 56.0 Å². The lowest BCUT2D eigenvalue weighted by Gasteiger charge is -2.26. The first-order valence-corrected chi connectivity index (χ1v) is 10.6. The van der Waals surface area contributed by atoms with E-state index in [1.54, 1.807) is 24.4 Å². The summed E-state index contributed by atoms with van der Waals surface area (Å²) in [6.07, 6.45) is 5.37. The fourth-order valence-corrected chi connectivity index (χ4v) is 4.12. The Balaban J connectivity index is 1.58. The fourth-order valence-electron chi connectivity index (χ4n) is 3.96. The van der Waals surface area contributed by atoms with Gasteiger partial charge in [0.2, 0.25) is 0 Å². The zero-order valence-electron chi connectivity index (χ0n) is 16.6. The molecule has 1 aliphatic rings. The number of nitrogens with two attached hydrogens (primary N) is 1. The number of carbonyl (C=O) groups excluding carboxylic acids is 1. The van der Waals surface area contributed by atoms with Crippen molar-refractivity contribution in [2.75, 3.05) is 0 Å². The molecule has 0 aliphatic heterocycles. The topological polar surface area (TPSA) is 89.1 Å². The van der Waals surface area contributed by atoms with E-state index < -0.39 is 0 Å². The van der Waals surface area contributed by atoms with E-state index in [4.69, 9.17) is 17.3 Å². The van der Waals surface area contributed by atoms with Crippen LogP contribution in [-0.4, -0.2) is 22.7 Å². The number of hydrogen-bond donors (Lipinski definition) is 3. The predicted molar refractivity (Wildman–Crippen MR) is 120 cm³/mol. The predicted octanol–water partition coefficient (Wildman–Crippen LogP) is 3.71. The molecule has 3 aromatic rings. The van der Waals surface area contributed by atoms with Crippen molar-refractivity contribution in [3.63, 3.8) is 0 Å². The van der Waals surface area contributed by atoms with Gasteiger partial charge in [-0.2, -0.15) is 0 Å². The Morgan fingerprint density at radius 2 is 1.83 bits per heavy atom. The lowest BCUT2D eigenvalue weighted by Crippen LogP contribution is -2.45. The van der Waals surface area contributed by atoms with Crippen LogP contribution in [0.4, 0.5) is 4.79 Å². The fraction of sp³-hybridized carbons (Fsp3) is 0.304. The molecule has 0 atom stereocenters. The standard InChI is InChI=1S/C23H25ClN4O2/c24-16-6-11-20-21(12-16)28(19-4-2-1-3-5-19)14-15(22(20)29)13-26-23(30)27-18-9-7-17(25)8-10-18/h1-6,11-12,14,17-18H,7-10,13,25H2,(H2,26,27,30). The van der Waals surface area contributed by atoms with E-state index >= 15 is 0 Å². The highest BCUT2D eigenvalue weighted by Crippen LogP contribution is 2.21. The summed E-state index contributed by atoms with van der Waals surface area (Å²) in [5.74, 6) is 0. The van der Waals surface area contributed by atoms with Gasteiger partial charge in [0.05, 0.1) is 5.52 Å². The van der Waals surface area contributed by atoms with Gasteiger partial charge >= 0.3 is 6.03 Å². The van der Waals surface area contributed by atoms with Crippen molar-refractivity contribution in [2.24, 2.45) is 5.73 Å². The molecule has 4 rings (SSSR count). The van der Waals surface area contributed by atoms with E-state index in [1.165, 1.54) is 0 Å². The average molecular weight is 425 g/mol.